The highest BCUT2D eigenvalue weighted by molar-refractivity contribution is 7.17. The van der Waals surface area contributed by atoms with Gasteiger partial charge in [-0.3, -0.25) is 11.3 Å². The van der Waals surface area contributed by atoms with E-state index in [-0.39, 0.29) is 6.04 Å². The smallest absolute Gasteiger partial charge is 0.0474 e. The van der Waals surface area contributed by atoms with Crippen molar-refractivity contribution in [1.82, 2.24) is 5.43 Å². The molecule has 0 aliphatic carbocycles. The Labute approximate surface area is 113 Å². The van der Waals surface area contributed by atoms with E-state index < -0.39 is 0 Å². The van der Waals surface area contributed by atoms with Gasteiger partial charge < -0.3 is 0 Å². The van der Waals surface area contributed by atoms with Crippen molar-refractivity contribution in [1.29, 1.82) is 0 Å². The predicted octanol–water partition coefficient (Wildman–Crippen LogP) is 4.38. The van der Waals surface area contributed by atoms with Crippen LogP contribution in [0.1, 0.15) is 50.6 Å². The van der Waals surface area contributed by atoms with Gasteiger partial charge >= 0.3 is 0 Å². The first-order chi connectivity index (χ1) is 8.86. The SMILES string of the molecule is CCCCCCC(NN)c1csc2ccccc12. The molecule has 0 saturated carbocycles. The number of hydrogen-bond donors (Lipinski definition) is 2. The Hall–Kier alpha value is -0.900. The first kappa shape index (κ1) is 13.5. The summed E-state index contributed by atoms with van der Waals surface area (Å²) in [6.45, 7) is 2.24. The van der Waals surface area contributed by atoms with Crippen LogP contribution in [0.25, 0.3) is 10.1 Å². The quantitative estimate of drug-likeness (QED) is 0.441. The fourth-order valence-electron chi connectivity index (χ4n) is 2.37. The zero-order valence-electron chi connectivity index (χ0n) is 11.0. The molecule has 98 valence electrons. The van der Waals surface area contributed by atoms with Crippen molar-refractivity contribution in [3.63, 3.8) is 0 Å². The van der Waals surface area contributed by atoms with Crippen LogP contribution in [0.15, 0.2) is 29.6 Å². The molecule has 0 radical (unpaired) electrons. The normalized spacial score (nSPS) is 13.0. The lowest BCUT2D eigenvalue weighted by atomic mass is 10.00. The molecule has 18 heavy (non-hydrogen) atoms. The first-order valence-corrected chi connectivity index (χ1v) is 7.67. The number of nitrogens with one attached hydrogen (secondary N) is 1. The van der Waals surface area contributed by atoms with Crippen molar-refractivity contribution in [2.75, 3.05) is 0 Å². The van der Waals surface area contributed by atoms with Crippen molar-refractivity contribution in [2.24, 2.45) is 5.84 Å². The minimum atomic E-state index is 0.290. The van der Waals surface area contributed by atoms with Gasteiger partial charge in [0.2, 0.25) is 0 Å². The van der Waals surface area contributed by atoms with Gasteiger partial charge in [-0.05, 0) is 28.8 Å². The Bertz CT molecular complexity index is 478. The number of hydrogen-bond acceptors (Lipinski definition) is 3. The van der Waals surface area contributed by atoms with E-state index in [2.05, 4.69) is 42.0 Å². The predicted molar refractivity (Wildman–Crippen MR) is 80.6 cm³/mol. The topological polar surface area (TPSA) is 38.0 Å². The molecular formula is C15H22N2S. The van der Waals surface area contributed by atoms with Crippen LogP contribution in [0.4, 0.5) is 0 Å². The lowest BCUT2D eigenvalue weighted by Crippen LogP contribution is -2.27. The van der Waals surface area contributed by atoms with Gasteiger partial charge in [0.25, 0.3) is 0 Å². The maximum Gasteiger partial charge on any atom is 0.0474 e. The lowest BCUT2D eigenvalue weighted by molar-refractivity contribution is 0.485. The van der Waals surface area contributed by atoms with E-state index in [0.717, 1.165) is 6.42 Å². The Morgan fingerprint density at radius 3 is 2.83 bits per heavy atom. The van der Waals surface area contributed by atoms with Crippen LogP contribution < -0.4 is 11.3 Å². The first-order valence-electron chi connectivity index (χ1n) is 6.79. The third kappa shape index (κ3) is 3.10. The molecule has 1 unspecified atom stereocenters. The Morgan fingerprint density at radius 1 is 1.22 bits per heavy atom. The lowest BCUT2D eigenvalue weighted by Gasteiger charge is -2.15. The second-order valence-electron chi connectivity index (χ2n) is 4.76. The number of hydrazine groups is 1. The van der Waals surface area contributed by atoms with Crippen LogP contribution in [0, 0.1) is 0 Å². The standard InChI is InChI=1S/C15H22N2S/c1-2-3-4-5-9-14(17-16)13-11-18-15-10-7-6-8-12(13)15/h6-8,10-11,14,17H,2-5,9,16H2,1H3. The van der Waals surface area contributed by atoms with Crippen LogP contribution in [0.5, 0.6) is 0 Å². The molecule has 3 N–H and O–H groups in total. The second kappa shape index (κ2) is 6.88. The fraction of sp³-hybridized carbons (Fsp3) is 0.467. The summed E-state index contributed by atoms with van der Waals surface area (Å²) in [5.74, 6) is 5.72. The fourth-order valence-corrected chi connectivity index (χ4v) is 3.39. The molecular weight excluding hydrogens is 240 g/mol. The van der Waals surface area contributed by atoms with Gasteiger partial charge in [0.1, 0.15) is 0 Å². The minimum Gasteiger partial charge on any atom is -0.271 e. The Kier molecular flexibility index (Phi) is 5.17. The van der Waals surface area contributed by atoms with E-state index in [4.69, 9.17) is 5.84 Å². The molecule has 3 heteroatoms. The van der Waals surface area contributed by atoms with Gasteiger partial charge in [-0.15, -0.1) is 11.3 Å². The summed E-state index contributed by atoms with van der Waals surface area (Å²) in [6.07, 6.45) is 6.27. The van der Waals surface area contributed by atoms with Gasteiger partial charge in [0.05, 0.1) is 0 Å². The van der Waals surface area contributed by atoms with Gasteiger partial charge in [0.15, 0.2) is 0 Å². The molecule has 0 spiro atoms. The maximum absolute atomic E-state index is 5.72. The molecule has 0 saturated heterocycles. The minimum absolute atomic E-state index is 0.290. The highest BCUT2D eigenvalue weighted by Crippen LogP contribution is 2.32. The van der Waals surface area contributed by atoms with Crippen LogP contribution >= 0.6 is 11.3 Å². The molecule has 1 aromatic carbocycles. The summed E-state index contributed by atoms with van der Waals surface area (Å²) in [5.41, 5.74) is 4.34. The molecule has 0 aliphatic rings. The zero-order valence-corrected chi connectivity index (χ0v) is 11.8. The van der Waals surface area contributed by atoms with Crippen molar-refractivity contribution in [2.45, 2.75) is 45.1 Å². The highest BCUT2D eigenvalue weighted by Gasteiger charge is 2.13. The third-order valence-electron chi connectivity index (χ3n) is 3.43. The molecule has 2 aromatic rings. The number of thiophene rings is 1. The summed E-state index contributed by atoms with van der Waals surface area (Å²) in [7, 11) is 0. The van der Waals surface area contributed by atoms with E-state index in [9.17, 15) is 0 Å². The Balaban J connectivity index is 2.07. The highest BCUT2D eigenvalue weighted by atomic mass is 32.1. The van der Waals surface area contributed by atoms with Crippen molar-refractivity contribution in [3.8, 4) is 0 Å². The van der Waals surface area contributed by atoms with Crippen molar-refractivity contribution >= 4 is 21.4 Å². The summed E-state index contributed by atoms with van der Waals surface area (Å²) in [6, 6.07) is 8.85. The summed E-state index contributed by atoms with van der Waals surface area (Å²) in [5, 5.41) is 3.59. The zero-order chi connectivity index (χ0) is 12.8. The van der Waals surface area contributed by atoms with E-state index in [1.54, 1.807) is 11.3 Å². The molecule has 0 aliphatic heterocycles. The van der Waals surface area contributed by atoms with E-state index in [1.807, 2.05) is 0 Å². The monoisotopic (exact) mass is 262 g/mol. The van der Waals surface area contributed by atoms with Crippen LogP contribution in [-0.4, -0.2) is 0 Å². The molecule has 1 heterocycles. The van der Waals surface area contributed by atoms with Gasteiger partial charge in [-0.25, -0.2) is 0 Å². The average Bonchev–Trinajstić information content (AvgIpc) is 2.83. The third-order valence-corrected chi connectivity index (χ3v) is 4.42. The van der Waals surface area contributed by atoms with Gasteiger partial charge in [0, 0.05) is 10.7 Å². The summed E-state index contributed by atoms with van der Waals surface area (Å²) >= 11 is 1.81. The van der Waals surface area contributed by atoms with Crippen LogP contribution in [-0.2, 0) is 0 Å². The molecule has 0 bridgehead atoms. The van der Waals surface area contributed by atoms with Crippen LogP contribution in [0.3, 0.4) is 0 Å². The molecule has 0 amide bonds. The second-order valence-corrected chi connectivity index (χ2v) is 5.67. The largest absolute Gasteiger partial charge is 0.271 e. The van der Waals surface area contributed by atoms with E-state index in [0.29, 0.717) is 0 Å². The van der Waals surface area contributed by atoms with Gasteiger partial charge in [-0.2, -0.15) is 0 Å². The van der Waals surface area contributed by atoms with E-state index >= 15 is 0 Å². The number of unbranched alkanes of at least 4 members (excludes halogenated alkanes) is 3. The summed E-state index contributed by atoms with van der Waals surface area (Å²) < 4.78 is 1.35. The maximum atomic E-state index is 5.72. The molecule has 2 nitrogen and oxygen atoms in total. The average molecular weight is 262 g/mol. The number of rotatable bonds is 7. The summed E-state index contributed by atoms with van der Waals surface area (Å²) in [4.78, 5) is 0. The van der Waals surface area contributed by atoms with Gasteiger partial charge in [-0.1, -0.05) is 50.8 Å². The molecule has 0 fully saturated rings. The number of benzene rings is 1. The van der Waals surface area contributed by atoms with Crippen molar-refractivity contribution < 1.29 is 0 Å². The molecule has 2 rings (SSSR count). The van der Waals surface area contributed by atoms with E-state index in [1.165, 1.54) is 41.3 Å². The molecule has 1 aromatic heterocycles. The Morgan fingerprint density at radius 2 is 2.06 bits per heavy atom. The van der Waals surface area contributed by atoms with Crippen LogP contribution in [0.2, 0.25) is 0 Å². The number of nitrogens with two attached hydrogens (primary N) is 1. The molecule has 1 atom stereocenters. The number of fused-ring (bicyclic) bond motifs is 1. The van der Waals surface area contributed by atoms with Crippen molar-refractivity contribution in [3.05, 3.63) is 35.2 Å².